The average molecular weight is 307 g/mol. The SMILES string of the molecule is CN(CCc1ccccc1)C(CN)c1ccc(F)cc1Cl. The van der Waals surface area contributed by atoms with Crippen LogP contribution in [0, 0.1) is 5.82 Å². The molecule has 0 bridgehead atoms. The van der Waals surface area contributed by atoms with Crippen molar-refractivity contribution < 1.29 is 4.39 Å². The molecule has 0 radical (unpaired) electrons. The summed E-state index contributed by atoms with van der Waals surface area (Å²) in [5.41, 5.74) is 8.04. The van der Waals surface area contributed by atoms with E-state index in [0.717, 1.165) is 18.5 Å². The highest BCUT2D eigenvalue weighted by Gasteiger charge is 2.18. The molecule has 0 saturated carbocycles. The monoisotopic (exact) mass is 306 g/mol. The van der Waals surface area contributed by atoms with Gasteiger partial charge in [-0.25, -0.2) is 4.39 Å². The standard InChI is InChI=1S/C17H20ClFN2/c1-21(10-9-13-5-3-2-4-6-13)17(12-20)15-8-7-14(19)11-16(15)18/h2-8,11,17H,9-10,12,20H2,1H3. The van der Waals surface area contributed by atoms with E-state index in [0.29, 0.717) is 11.6 Å². The van der Waals surface area contributed by atoms with Crippen LogP contribution in [0.2, 0.25) is 5.02 Å². The van der Waals surface area contributed by atoms with E-state index in [-0.39, 0.29) is 11.9 Å². The molecule has 2 N–H and O–H groups in total. The third kappa shape index (κ3) is 4.27. The van der Waals surface area contributed by atoms with Crippen LogP contribution in [0.25, 0.3) is 0 Å². The number of halogens is 2. The summed E-state index contributed by atoms with van der Waals surface area (Å²) in [6.45, 7) is 1.30. The van der Waals surface area contributed by atoms with Crippen molar-refractivity contribution in [3.8, 4) is 0 Å². The number of likely N-dealkylation sites (N-methyl/N-ethyl adjacent to an activating group) is 1. The molecule has 2 rings (SSSR count). The molecular formula is C17H20ClFN2. The molecule has 0 fully saturated rings. The number of nitrogens with two attached hydrogens (primary N) is 1. The highest BCUT2D eigenvalue weighted by molar-refractivity contribution is 6.31. The lowest BCUT2D eigenvalue weighted by atomic mass is 10.0. The van der Waals surface area contributed by atoms with Crippen molar-refractivity contribution in [3.63, 3.8) is 0 Å². The zero-order chi connectivity index (χ0) is 15.2. The summed E-state index contributed by atoms with van der Waals surface area (Å²) in [6, 6.07) is 14.8. The van der Waals surface area contributed by atoms with Gasteiger partial charge in [-0.2, -0.15) is 0 Å². The van der Waals surface area contributed by atoms with Crippen molar-refractivity contribution in [2.24, 2.45) is 5.73 Å². The first kappa shape index (κ1) is 16.0. The summed E-state index contributed by atoms with van der Waals surface area (Å²) in [5.74, 6) is -0.327. The highest BCUT2D eigenvalue weighted by Crippen LogP contribution is 2.27. The third-order valence-corrected chi connectivity index (χ3v) is 4.00. The summed E-state index contributed by atoms with van der Waals surface area (Å²) in [7, 11) is 2.01. The molecule has 1 atom stereocenters. The minimum absolute atomic E-state index is 0.0122. The van der Waals surface area contributed by atoms with Gasteiger partial charge in [-0.1, -0.05) is 48.0 Å². The number of rotatable bonds is 6. The first-order valence-corrected chi connectivity index (χ1v) is 7.39. The molecule has 0 spiro atoms. The lowest BCUT2D eigenvalue weighted by molar-refractivity contribution is 0.253. The van der Waals surface area contributed by atoms with E-state index in [4.69, 9.17) is 17.3 Å². The van der Waals surface area contributed by atoms with Gasteiger partial charge in [0.25, 0.3) is 0 Å². The van der Waals surface area contributed by atoms with Gasteiger partial charge in [-0.05, 0) is 36.7 Å². The van der Waals surface area contributed by atoms with Crippen LogP contribution >= 0.6 is 11.6 Å². The second-order valence-corrected chi connectivity index (χ2v) is 5.54. The van der Waals surface area contributed by atoms with Gasteiger partial charge in [0, 0.05) is 24.2 Å². The van der Waals surface area contributed by atoms with Gasteiger partial charge in [0.1, 0.15) is 5.82 Å². The Hall–Kier alpha value is -1.42. The molecule has 2 aromatic rings. The molecule has 4 heteroatoms. The van der Waals surface area contributed by atoms with Crippen LogP contribution in [0.4, 0.5) is 4.39 Å². The van der Waals surface area contributed by atoms with Crippen LogP contribution < -0.4 is 5.73 Å². The fraction of sp³-hybridized carbons (Fsp3) is 0.294. The molecule has 0 aliphatic carbocycles. The van der Waals surface area contributed by atoms with Gasteiger partial charge in [0.2, 0.25) is 0 Å². The summed E-state index contributed by atoms with van der Waals surface area (Å²) in [6.07, 6.45) is 0.937. The topological polar surface area (TPSA) is 29.3 Å². The Kier molecular flexibility index (Phi) is 5.74. The first-order chi connectivity index (χ1) is 10.1. The molecule has 0 aliphatic heterocycles. The van der Waals surface area contributed by atoms with E-state index < -0.39 is 0 Å². The van der Waals surface area contributed by atoms with E-state index in [1.54, 1.807) is 6.07 Å². The zero-order valence-corrected chi connectivity index (χ0v) is 12.9. The predicted molar refractivity (Wildman–Crippen MR) is 86.0 cm³/mol. The quantitative estimate of drug-likeness (QED) is 0.882. The van der Waals surface area contributed by atoms with Crippen LogP contribution in [0.3, 0.4) is 0 Å². The summed E-state index contributed by atoms with van der Waals surface area (Å²) in [5, 5.41) is 0.428. The summed E-state index contributed by atoms with van der Waals surface area (Å²) < 4.78 is 13.2. The van der Waals surface area contributed by atoms with E-state index in [2.05, 4.69) is 17.0 Å². The lowest BCUT2D eigenvalue weighted by Crippen LogP contribution is -2.32. The van der Waals surface area contributed by atoms with Crippen molar-refractivity contribution in [1.29, 1.82) is 0 Å². The van der Waals surface area contributed by atoms with Crippen LogP contribution in [-0.4, -0.2) is 25.0 Å². The zero-order valence-electron chi connectivity index (χ0n) is 12.1. The van der Waals surface area contributed by atoms with Crippen LogP contribution in [0.15, 0.2) is 48.5 Å². The van der Waals surface area contributed by atoms with Gasteiger partial charge in [-0.3, -0.25) is 4.90 Å². The highest BCUT2D eigenvalue weighted by atomic mass is 35.5. The largest absolute Gasteiger partial charge is 0.329 e. The van der Waals surface area contributed by atoms with Crippen molar-refractivity contribution in [3.05, 3.63) is 70.5 Å². The molecule has 0 saturated heterocycles. The third-order valence-electron chi connectivity index (χ3n) is 3.67. The van der Waals surface area contributed by atoms with Crippen molar-refractivity contribution in [2.75, 3.05) is 20.1 Å². The Morgan fingerprint density at radius 3 is 2.52 bits per heavy atom. The molecule has 2 aromatic carbocycles. The van der Waals surface area contributed by atoms with Gasteiger partial charge in [0.05, 0.1) is 0 Å². The smallest absolute Gasteiger partial charge is 0.124 e. The van der Waals surface area contributed by atoms with Crippen molar-refractivity contribution in [2.45, 2.75) is 12.5 Å². The molecule has 112 valence electrons. The minimum Gasteiger partial charge on any atom is -0.329 e. The normalized spacial score (nSPS) is 12.6. The lowest BCUT2D eigenvalue weighted by Gasteiger charge is -2.28. The molecule has 2 nitrogen and oxygen atoms in total. The molecule has 1 unspecified atom stereocenters. The van der Waals surface area contributed by atoms with Gasteiger partial charge < -0.3 is 5.73 Å². The van der Waals surface area contributed by atoms with Crippen molar-refractivity contribution >= 4 is 11.6 Å². The molecule has 0 amide bonds. The number of nitrogens with zero attached hydrogens (tertiary/aromatic N) is 1. The fourth-order valence-electron chi connectivity index (χ4n) is 2.42. The van der Waals surface area contributed by atoms with Gasteiger partial charge in [-0.15, -0.1) is 0 Å². The van der Waals surface area contributed by atoms with Gasteiger partial charge in [0.15, 0.2) is 0 Å². The van der Waals surface area contributed by atoms with E-state index in [1.165, 1.54) is 17.7 Å². The Morgan fingerprint density at radius 2 is 1.90 bits per heavy atom. The second-order valence-electron chi connectivity index (χ2n) is 5.13. The molecule has 21 heavy (non-hydrogen) atoms. The maximum Gasteiger partial charge on any atom is 0.124 e. The fourth-order valence-corrected chi connectivity index (χ4v) is 2.72. The average Bonchev–Trinajstić information content (AvgIpc) is 2.49. The van der Waals surface area contributed by atoms with E-state index in [1.807, 2.05) is 25.2 Å². The van der Waals surface area contributed by atoms with Crippen LogP contribution in [-0.2, 0) is 6.42 Å². The Bertz CT molecular complexity index is 574. The van der Waals surface area contributed by atoms with E-state index in [9.17, 15) is 4.39 Å². The Labute approximate surface area is 130 Å². The predicted octanol–water partition coefficient (Wildman–Crippen LogP) is 3.65. The molecule has 0 heterocycles. The van der Waals surface area contributed by atoms with Crippen LogP contribution in [0.1, 0.15) is 17.2 Å². The summed E-state index contributed by atoms with van der Waals surface area (Å²) in [4.78, 5) is 2.16. The van der Waals surface area contributed by atoms with Gasteiger partial charge >= 0.3 is 0 Å². The Balaban J connectivity index is 2.06. The Morgan fingerprint density at radius 1 is 1.19 bits per heavy atom. The maximum atomic E-state index is 13.2. The maximum absolute atomic E-state index is 13.2. The van der Waals surface area contributed by atoms with Crippen LogP contribution in [0.5, 0.6) is 0 Å². The first-order valence-electron chi connectivity index (χ1n) is 7.01. The molecular weight excluding hydrogens is 287 g/mol. The number of benzene rings is 2. The number of hydrogen-bond donors (Lipinski definition) is 1. The summed E-state index contributed by atoms with van der Waals surface area (Å²) >= 11 is 6.14. The van der Waals surface area contributed by atoms with Crippen molar-refractivity contribution in [1.82, 2.24) is 4.90 Å². The second kappa shape index (κ2) is 7.55. The molecule has 0 aromatic heterocycles. The minimum atomic E-state index is -0.327. The van der Waals surface area contributed by atoms with E-state index >= 15 is 0 Å². The number of hydrogen-bond acceptors (Lipinski definition) is 2. The molecule has 0 aliphatic rings.